The summed E-state index contributed by atoms with van der Waals surface area (Å²) in [5.41, 5.74) is -0.345. The first-order valence-electron chi connectivity index (χ1n) is 8.70. The van der Waals surface area contributed by atoms with Gasteiger partial charge in [-0.3, -0.25) is 14.6 Å². The van der Waals surface area contributed by atoms with E-state index < -0.39 is 22.7 Å². The van der Waals surface area contributed by atoms with E-state index in [0.29, 0.717) is 24.3 Å². The average Bonchev–Trinajstić information content (AvgIpc) is 2.72. The predicted octanol–water partition coefficient (Wildman–Crippen LogP) is 2.17. The maximum atomic E-state index is 12.5. The molecule has 8 nitrogen and oxygen atoms in total. The Morgan fingerprint density at radius 2 is 2.14 bits per heavy atom. The standard InChI is InChI=1S/C21H18N2O6/c1-28-10-9-23-20(26)14-4-2-3-13(11-14)5-6-16(24)18-19(25)15-7-8-22-12-17(15)29-21(18)27/h2-8,11-12,25H,9-10H2,1H3,(H,23,26). The molecule has 0 aliphatic carbocycles. The van der Waals surface area contributed by atoms with E-state index in [1.54, 1.807) is 31.4 Å². The first-order chi connectivity index (χ1) is 14.0. The lowest BCUT2D eigenvalue weighted by Gasteiger charge is -2.05. The van der Waals surface area contributed by atoms with E-state index in [1.165, 1.54) is 24.5 Å². The Morgan fingerprint density at radius 1 is 1.31 bits per heavy atom. The van der Waals surface area contributed by atoms with Crippen molar-refractivity contribution < 1.29 is 23.8 Å². The summed E-state index contributed by atoms with van der Waals surface area (Å²) in [6.07, 6.45) is 5.28. The average molecular weight is 394 g/mol. The van der Waals surface area contributed by atoms with E-state index in [9.17, 15) is 19.5 Å². The first-order valence-corrected chi connectivity index (χ1v) is 8.70. The second kappa shape index (κ2) is 8.94. The van der Waals surface area contributed by atoms with Crippen molar-refractivity contribution >= 4 is 28.7 Å². The van der Waals surface area contributed by atoms with Gasteiger partial charge in [0, 0.05) is 25.4 Å². The number of ketones is 1. The number of aromatic hydroxyl groups is 1. The number of hydrogen-bond donors (Lipinski definition) is 2. The molecule has 0 unspecified atom stereocenters. The Hall–Kier alpha value is -3.78. The van der Waals surface area contributed by atoms with Crippen molar-refractivity contribution in [3.05, 3.63) is 75.9 Å². The van der Waals surface area contributed by atoms with Gasteiger partial charge in [0.05, 0.1) is 18.2 Å². The van der Waals surface area contributed by atoms with Crippen molar-refractivity contribution in [3.8, 4) is 5.75 Å². The molecule has 0 aliphatic heterocycles. The molecule has 148 valence electrons. The highest BCUT2D eigenvalue weighted by molar-refractivity contribution is 6.10. The molecule has 0 radical (unpaired) electrons. The summed E-state index contributed by atoms with van der Waals surface area (Å²) in [5, 5.41) is 13.2. The normalized spacial score (nSPS) is 11.1. The molecule has 2 aromatic heterocycles. The molecule has 0 saturated heterocycles. The van der Waals surface area contributed by atoms with E-state index in [-0.39, 0.29) is 16.9 Å². The summed E-state index contributed by atoms with van der Waals surface area (Å²) in [5.74, 6) is -1.45. The summed E-state index contributed by atoms with van der Waals surface area (Å²) in [6, 6.07) is 8.05. The molecule has 0 bridgehead atoms. The number of benzene rings is 1. The van der Waals surface area contributed by atoms with Crippen molar-refractivity contribution in [2.45, 2.75) is 0 Å². The predicted molar refractivity (Wildman–Crippen MR) is 106 cm³/mol. The SMILES string of the molecule is COCCNC(=O)c1cccc(C=CC(=O)c2c(O)c3ccncc3oc2=O)c1. The number of nitrogens with one attached hydrogen (secondary N) is 1. The van der Waals surface area contributed by atoms with Gasteiger partial charge in [0.2, 0.25) is 0 Å². The van der Waals surface area contributed by atoms with E-state index in [1.807, 2.05) is 0 Å². The molecule has 2 N–H and O–H groups in total. The van der Waals surface area contributed by atoms with Crippen LogP contribution in [0.5, 0.6) is 5.75 Å². The molecule has 3 aromatic rings. The minimum absolute atomic E-state index is 0.0858. The summed E-state index contributed by atoms with van der Waals surface area (Å²) in [6.45, 7) is 0.772. The number of ether oxygens (including phenoxy) is 1. The minimum atomic E-state index is -0.955. The molecule has 1 amide bonds. The van der Waals surface area contributed by atoms with Gasteiger partial charge in [0.15, 0.2) is 11.4 Å². The molecular weight excluding hydrogens is 376 g/mol. The number of carbonyl (C=O) groups excluding carboxylic acids is 2. The van der Waals surface area contributed by atoms with Crippen LogP contribution in [0.2, 0.25) is 0 Å². The number of rotatable bonds is 7. The van der Waals surface area contributed by atoms with Crippen LogP contribution in [-0.4, -0.2) is 42.0 Å². The molecule has 0 spiro atoms. The highest BCUT2D eigenvalue weighted by atomic mass is 16.5. The van der Waals surface area contributed by atoms with Crippen LogP contribution in [0.4, 0.5) is 0 Å². The molecule has 3 rings (SSSR count). The van der Waals surface area contributed by atoms with Gasteiger partial charge in [-0.1, -0.05) is 18.2 Å². The maximum absolute atomic E-state index is 12.5. The highest BCUT2D eigenvalue weighted by Gasteiger charge is 2.19. The Kier molecular flexibility index (Phi) is 6.16. The number of pyridine rings is 1. The molecule has 8 heteroatoms. The zero-order chi connectivity index (χ0) is 20.8. The van der Waals surface area contributed by atoms with Crippen molar-refractivity contribution in [3.63, 3.8) is 0 Å². The van der Waals surface area contributed by atoms with Gasteiger partial charge in [-0.2, -0.15) is 0 Å². The fraction of sp³-hybridized carbons (Fsp3) is 0.143. The van der Waals surface area contributed by atoms with Crippen LogP contribution in [0.25, 0.3) is 17.0 Å². The third-order valence-electron chi connectivity index (χ3n) is 4.10. The number of methoxy groups -OCH3 is 1. The molecule has 2 heterocycles. The van der Waals surface area contributed by atoms with Crippen molar-refractivity contribution in [1.82, 2.24) is 10.3 Å². The number of amides is 1. The fourth-order valence-corrected chi connectivity index (χ4v) is 2.66. The zero-order valence-corrected chi connectivity index (χ0v) is 15.5. The lowest BCUT2D eigenvalue weighted by Crippen LogP contribution is -2.26. The van der Waals surface area contributed by atoms with Gasteiger partial charge in [0.1, 0.15) is 11.3 Å². The molecule has 0 saturated carbocycles. The Balaban J connectivity index is 1.83. The highest BCUT2D eigenvalue weighted by Crippen LogP contribution is 2.25. The van der Waals surface area contributed by atoms with Crippen molar-refractivity contribution in [2.24, 2.45) is 0 Å². The largest absolute Gasteiger partial charge is 0.506 e. The van der Waals surface area contributed by atoms with E-state index >= 15 is 0 Å². The summed E-state index contributed by atoms with van der Waals surface area (Å²) >= 11 is 0. The maximum Gasteiger partial charge on any atom is 0.351 e. The van der Waals surface area contributed by atoms with E-state index in [4.69, 9.17) is 9.15 Å². The van der Waals surface area contributed by atoms with Crippen LogP contribution < -0.4 is 10.9 Å². The Bertz CT molecular complexity index is 1150. The topological polar surface area (TPSA) is 119 Å². The van der Waals surface area contributed by atoms with Gasteiger partial charge >= 0.3 is 5.63 Å². The number of nitrogens with zero attached hydrogens (tertiary/aromatic N) is 1. The van der Waals surface area contributed by atoms with Crippen LogP contribution in [-0.2, 0) is 4.74 Å². The first kappa shape index (κ1) is 20.0. The molecule has 0 fully saturated rings. The van der Waals surface area contributed by atoms with Gasteiger partial charge in [-0.25, -0.2) is 4.79 Å². The zero-order valence-electron chi connectivity index (χ0n) is 15.5. The quantitative estimate of drug-likeness (QED) is 0.358. The molecular formula is C21H18N2O6. The van der Waals surface area contributed by atoms with Crippen LogP contribution >= 0.6 is 0 Å². The third-order valence-corrected chi connectivity index (χ3v) is 4.10. The van der Waals surface area contributed by atoms with Crippen LogP contribution in [0.3, 0.4) is 0 Å². The van der Waals surface area contributed by atoms with Crippen molar-refractivity contribution in [1.29, 1.82) is 0 Å². The lowest BCUT2D eigenvalue weighted by molar-refractivity contribution is 0.0936. The number of fused-ring (bicyclic) bond motifs is 1. The Labute approximate surface area is 165 Å². The van der Waals surface area contributed by atoms with E-state index in [2.05, 4.69) is 10.3 Å². The van der Waals surface area contributed by atoms with Crippen molar-refractivity contribution in [2.75, 3.05) is 20.3 Å². The van der Waals surface area contributed by atoms with Gasteiger partial charge in [-0.05, 0) is 29.8 Å². The summed E-state index contributed by atoms with van der Waals surface area (Å²) < 4.78 is 9.93. The molecule has 0 atom stereocenters. The van der Waals surface area contributed by atoms with Gasteiger partial charge in [0.25, 0.3) is 5.91 Å². The molecule has 1 aromatic carbocycles. The lowest BCUT2D eigenvalue weighted by atomic mass is 10.1. The monoisotopic (exact) mass is 394 g/mol. The summed E-state index contributed by atoms with van der Waals surface area (Å²) in [4.78, 5) is 40.5. The molecule has 29 heavy (non-hydrogen) atoms. The third kappa shape index (κ3) is 4.56. The Morgan fingerprint density at radius 3 is 2.93 bits per heavy atom. The van der Waals surface area contributed by atoms with Gasteiger partial charge < -0.3 is 19.6 Å². The second-order valence-electron chi connectivity index (χ2n) is 6.06. The van der Waals surface area contributed by atoms with E-state index in [0.717, 1.165) is 6.08 Å². The summed E-state index contributed by atoms with van der Waals surface area (Å²) in [7, 11) is 1.54. The smallest absolute Gasteiger partial charge is 0.351 e. The van der Waals surface area contributed by atoms with Gasteiger partial charge in [-0.15, -0.1) is 0 Å². The van der Waals surface area contributed by atoms with Crippen LogP contribution in [0.1, 0.15) is 26.3 Å². The van der Waals surface area contributed by atoms with Crippen LogP contribution in [0, 0.1) is 0 Å². The fourth-order valence-electron chi connectivity index (χ4n) is 2.66. The molecule has 0 aliphatic rings. The van der Waals surface area contributed by atoms with Crippen LogP contribution in [0.15, 0.2) is 58.0 Å². The second-order valence-corrected chi connectivity index (χ2v) is 6.06. The number of hydrogen-bond acceptors (Lipinski definition) is 7. The minimum Gasteiger partial charge on any atom is -0.506 e. The number of allylic oxidation sites excluding steroid dienone is 1. The number of carbonyl (C=O) groups is 2. The number of aromatic nitrogens is 1.